The molecule has 0 aromatic heterocycles. The minimum absolute atomic E-state index is 0.518. The van der Waals surface area contributed by atoms with Crippen molar-refractivity contribution in [1.82, 2.24) is 5.32 Å². The molecule has 2 nitrogen and oxygen atoms in total. The lowest BCUT2D eigenvalue weighted by atomic mass is 10.1. The molecule has 1 N–H and O–H groups in total. The summed E-state index contributed by atoms with van der Waals surface area (Å²) in [6.45, 7) is 6.72. The summed E-state index contributed by atoms with van der Waals surface area (Å²) in [4.78, 5) is 4.72. The number of nitrogens with zero attached hydrogens (tertiary/aromatic N) is 1. The zero-order chi connectivity index (χ0) is 11.3. The molecule has 0 radical (unpaired) electrons. The Kier molecular flexibility index (Phi) is 5.90. The highest BCUT2D eigenvalue weighted by molar-refractivity contribution is 8.14. The van der Waals surface area contributed by atoms with Crippen LogP contribution in [0, 0.1) is 5.92 Å². The number of rotatable bonds is 5. The molecule has 0 bridgehead atoms. The highest BCUT2D eigenvalue weighted by atomic mass is 32.2. The summed E-state index contributed by atoms with van der Waals surface area (Å²) < 4.78 is 0. The first-order chi connectivity index (χ1) is 7.17. The molecule has 0 aromatic carbocycles. The summed E-state index contributed by atoms with van der Waals surface area (Å²) in [7, 11) is 0. The van der Waals surface area contributed by atoms with Crippen LogP contribution in [0.25, 0.3) is 0 Å². The number of nitrogens with one attached hydrogen (secondary N) is 1. The van der Waals surface area contributed by atoms with Crippen LogP contribution in [0.4, 0.5) is 0 Å². The molecule has 1 aliphatic heterocycles. The fraction of sp³-hybridized carbons (Fsp3) is 0.909. The average molecular weight is 246 g/mol. The van der Waals surface area contributed by atoms with E-state index in [0.29, 0.717) is 18.0 Å². The first-order valence-electron chi connectivity index (χ1n) is 5.63. The second-order valence-corrected chi connectivity index (χ2v) is 6.18. The van der Waals surface area contributed by atoms with E-state index in [1.54, 1.807) is 0 Å². The molecule has 0 saturated carbocycles. The van der Waals surface area contributed by atoms with Crippen molar-refractivity contribution in [2.24, 2.45) is 10.9 Å². The van der Waals surface area contributed by atoms with Crippen LogP contribution < -0.4 is 5.32 Å². The van der Waals surface area contributed by atoms with Crippen molar-refractivity contribution >= 4 is 28.7 Å². The average Bonchev–Trinajstić information content (AvgIpc) is 2.65. The van der Waals surface area contributed by atoms with Gasteiger partial charge in [0.05, 0.1) is 6.04 Å². The van der Waals surface area contributed by atoms with Gasteiger partial charge in [-0.05, 0) is 18.6 Å². The van der Waals surface area contributed by atoms with Crippen LogP contribution in [0.5, 0.6) is 0 Å². The van der Waals surface area contributed by atoms with Crippen LogP contribution in [0.2, 0.25) is 0 Å². The van der Waals surface area contributed by atoms with Gasteiger partial charge < -0.3 is 5.32 Å². The lowest BCUT2D eigenvalue weighted by molar-refractivity contribution is 0.540. The SMILES string of the molecule is CCC(CSC)NC1=NC(C(C)C)CS1. The van der Waals surface area contributed by atoms with E-state index in [1.165, 1.54) is 12.2 Å². The number of hydrogen-bond acceptors (Lipinski definition) is 4. The van der Waals surface area contributed by atoms with Gasteiger partial charge >= 0.3 is 0 Å². The maximum Gasteiger partial charge on any atom is 0.157 e. The van der Waals surface area contributed by atoms with E-state index in [0.717, 1.165) is 10.9 Å². The van der Waals surface area contributed by atoms with Gasteiger partial charge in [-0.25, -0.2) is 0 Å². The van der Waals surface area contributed by atoms with Gasteiger partial charge in [-0.2, -0.15) is 11.8 Å². The van der Waals surface area contributed by atoms with Crippen molar-refractivity contribution in [3.05, 3.63) is 0 Å². The summed E-state index contributed by atoms with van der Waals surface area (Å²) in [5, 5.41) is 4.71. The van der Waals surface area contributed by atoms with Gasteiger partial charge in [0.2, 0.25) is 0 Å². The molecular weight excluding hydrogens is 224 g/mol. The molecule has 0 amide bonds. The lowest BCUT2D eigenvalue weighted by Crippen LogP contribution is -2.33. The van der Waals surface area contributed by atoms with Crippen LogP contribution >= 0.6 is 23.5 Å². The predicted octanol–water partition coefficient (Wildman–Crippen LogP) is 2.85. The third-order valence-electron chi connectivity index (χ3n) is 2.63. The van der Waals surface area contributed by atoms with Gasteiger partial charge in [0, 0.05) is 17.5 Å². The molecule has 15 heavy (non-hydrogen) atoms. The first-order valence-corrected chi connectivity index (χ1v) is 8.01. The largest absolute Gasteiger partial charge is 0.361 e. The Hall–Kier alpha value is 0.170. The Balaban J connectivity index is 2.41. The molecule has 4 heteroatoms. The zero-order valence-corrected chi connectivity index (χ0v) is 11.8. The van der Waals surface area contributed by atoms with Gasteiger partial charge in [0.1, 0.15) is 0 Å². The smallest absolute Gasteiger partial charge is 0.157 e. The van der Waals surface area contributed by atoms with Gasteiger partial charge in [0.25, 0.3) is 0 Å². The molecule has 0 saturated heterocycles. The van der Waals surface area contributed by atoms with E-state index < -0.39 is 0 Å². The standard InChI is InChI=1S/C11H22N2S2/c1-5-9(6-14-4)12-11-13-10(7-15-11)8(2)3/h8-10H,5-7H2,1-4H3,(H,12,13). The third-order valence-corrected chi connectivity index (χ3v) is 4.37. The maximum absolute atomic E-state index is 4.72. The van der Waals surface area contributed by atoms with Crippen molar-refractivity contribution in [1.29, 1.82) is 0 Å². The molecule has 2 unspecified atom stereocenters. The molecule has 0 spiro atoms. The maximum atomic E-state index is 4.72. The van der Waals surface area contributed by atoms with Gasteiger partial charge in [-0.15, -0.1) is 0 Å². The van der Waals surface area contributed by atoms with Crippen molar-refractivity contribution in [2.75, 3.05) is 17.8 Å². The Morgan fingerprint density at radius 1 is 1.60 bits per heavy atom. The number of aliphatic imine (C=N–C) groups is 1. The number of thioether (sulfide) groups is 2. The van der Waals surface area contributed by atoms with Crippen LogP contribution in [-0.4, -0.2) is 35.0 Å². The molecule has 0 fully saturated rings. The first kappa shape index (κ1) is 13.2. The third kappa shape index (κ3) is 4.27. The molecule has 1 rings (SSSR count). The highest BCUT2D eigenvalue weighted by Crippen LogP contribution is 2.22. The fourth-order valence-electron chi connectivity index (χ4n) is 1.45. The van der Waals surface area contributed by atoms with E-state index in [4.69, 9.17) is 4.99 Å². The second kappa shape index (κ2) is 6.69. The number of hydrogen-bond donors (Lipinski definition) is 1. The Morgan fingerprint density at radius 3 is 2.80 bits per heavy atom. The minimum Gasteiger partial charge on any atom is -0.361 e. The molecule has 0 aliphatic carbocycles. The van der Waals surface area contributed by atoms with Crippen LogP contribution in [0.3, 0.4) is 0 Å². The highest BCUT2D eigenvalue weighted by Gasteiger charge is 2.22. The Morgan fingerprint density at radius 2 is 2.33 bits per heavy atom. The summed E-state index contributed by atoms with van der Waals surface area (Å²) >= 11 is 3.78. The Bertz CT molecular complexity index is 217. The molecule has 1 heterocycles. The summed E-state index contributed by atoms with van der Waals surface area (Å²) in [6.07, 6.45) is 3.33. The van der Waals surface area contributed by atoms with Crippen LogP contribution in [0.1, 0.15) is 27.2 Å². The Labute approximate surface area is 102 Å². The van der Waals surface area contributed by atoms with Gasteiger partial charge in [0.15, 0.2) is 5.17 Å². The van der Waals surface area contributed by atoms with Crippen molar-refractivity contribution in [3.8, 4) is 0 Å². The van der Waals surface area contributed by atoms with E-state index in [1.807, 2.05) is 23.5 Å². The zero-order valence-electron chi connectivity index (χ0n) is 10.1. The number of amidine groups is 1. The monoisotopic (exact) mass is 246 g/mol. The van der Waals surface area contributed by atoms with Gasteiger partial charge in [-0.3, -0.25) is 4.99 Å². The summed E-state index contributed by atoms with van der Waals surface area (Å²) in [5.74, 6) is 2.98. The van der Waals surface area contributed by atoms with E-state index in [9.17, 15) is 0 Å². The lowest BCUT2D eigenvalue weighted by Gasteiger charge is -2.16. The topological polar surface area (TPSA) is 24.4 Å². The summed E-state index contributed by atoms with van der Waals surface area (Å²) in [5.41, 5.74) is 0. The van der Waals surface area contributed by atoms with Crippen molar-refractivity contribution in [3.63, 3.8) is 0 Å². The van der Waals surface area contributed by atoms with Crippen LogP contribution in [0.15, 0.2) is 4.99 Å². The molecular formula is C11H22N2S2. The predicted molar refractivity (Wildman–Crippen MR) is 74.1 cm³/mol. The van der Waals surface area contributed by atoms with E-state index in [-0.39, 0.29) is 0 Å². The van der Waals surface area contributed by atoms with E-state index >= 15 is 0 Å². The molecule has 0 aromatic rings. The molecule has 1 aliphatic rings. The second-order valence-electron chi connectivity index (χ2n) is 4.26. The fourth-order valence-corrected chi connectivity index (χ4v) is 3.42. The quantitative estimate of drug-likeness (QED) is 0.807. The normalized spacial score (nSPS) is 23.0. The molecule has 88 valence electrons. The van der Waals surface area contributed by atoms with Crippen LogP contribution in [-0.2, 0) is 0 Å². The van der Waals surface area contributed by atoms with Crippen molar-refractivity contribution < 1.29 is 0 Å². The van der Waals surface area contributed by atoms with Crippen molar-refractivity contribution in [2.45, 2.75) is 39.3 Å². The minimum atomic E-state index is 0.518. The summed E-state index contributed by atoms with van der Waals surface area (Å²) in [6, 6.07) is 1.10. The molecule has 2 atom stereocenters. The van der Waals surface area contributed by atoms with Gasteiger partial charge in [-0.1, -0.05) is 32.5 Å². The van der Waals surface area contributed by atoms with E-state index in [2.05, 4.69) is 32.3 Å².